The third-order valence-electron chi connectivity index (χ3n) is 4.69. The number of ether oxygens (including phenoxy) is 2. The molecule has 1 atom stereocenters. The highest BCUT2D eigenvalue weighted by molar-refractivity contribution is 7.92. The lowest BCUT2D eigenvalue weighted by Gasteiger charge is -2.20. The van der Waals surface area contributed by atoms with Crippen LogP contribution in [0.25, 0.3) is 0 Å². The smallest absolute Gasteiger partial charge is 0.311 e. The fourth-order valence-electron chi connectivity index (χ4n) is 3.02. The summed E-state index contributed by atoms with van der Waals surface area (Å²) in [6, 6.07) is 12.6. The minimum atomic E-state index is -3.71. The predicted octanol–water partition coefficient (Wildman–Crippen LogP) is 3.78. The topological polar surface area (TPSA) is 72.9 Å². The number of hydrogen-bond acceptors (Lipinski definition) is 5. The van der Waals surface area contributed by atoms with Gasteiger partial charge in [-0.1, -0.05) is 12.2 Å². The second kappa shape index (κ2) is 8.48. The normalized spacial score (nSPS) is 16.0. The summed E-state index contributed by atoms with van der Waals surface area (Å²) in [6.07, 6.45) is 6.45. The maximum atomic E-state index is 12.8. The Morgan fingerprint density at radius 2 is 1.71 bits per heavy atom. The number of sulfonamides is 1. The number of carbonyl (C=O) groups is 1. The zero-order chi connectivity index (χ0) is 20.1. The van der Waals surface area contributed by atoms with Crippen LogP contribution in [0.1, 0.15) is 19.3 Å². The molecule has 1 aliphatic carbocycles. The molecule has 0 aromatic heterocycles. The Bertz CT molecular complexity index is 949. The van der Waals surface area contributed by atoms with Crippen LogP contribution in [0.2, 0.25) is 0 Å². The summed E-state index contributed by atoms with van der Waals surface area (Å²) in [4.78, 5) is 12.2. The van der Waals surface area contributed by atoms with Crippen LogP contribution in [-0.4, -0.2) is 28.5 Å². The van der Waals surface area contributed by atoms with E-state index in [2.05, 4.69) is 6.08 Å². The first-order chi connectivity index (χ1) is 13.4. The Morgan fingerprint density at radius 3 is 2.29 bits per heavy atom. The minimum absolute atomic E-state index is 0.163. The number of anilines is 1. The zero-order valence-corrected chi connectivity index (χ0v) is 16.7. The molecule has 2 aromatic carbocycles. The average Bonchev–Trinajstić information content (AvgIpc) is 3.21. The molecule has 3 rings (SSSR count). The number of benzene rings is 2. The maximum absolute atomic E-state index is 12.8. The van der Waals surface area contributed by atoms with Gasteiger partial charge in [0.2, 0.25) is 0 Å². The van der Waals surface area contributed by atoms with E-state index in [1.807, 2.05) is 6.08 Å². The van der Waals surface area contributed by atoms with Gasteiger partial charge in [-0.05, 0) is 67.3 Å². The van der Waals surface area contributed by atoms with Crippen LogP contribution in [0.5, 0.6) is 11.5 Å². The highest BCUT2D eigenvalue weighted by Gasteiger charge is 2.21. The van der Waals surface area contributed by atoms with E-state index in [0.717, 1.165) is 12.8 Å². The van der Waals surface area contributed by atoms with Crippen LogP contribution in [0.3, 0.4) is 0 Å². The first-order valence-electron chi connectivity index (χ1n) is 9.00. The van der Waals surface area contributed by atoms with Gasteiger partial charge in [0.05, 0.1) is 24.1 Å². The van der Waals surface area contributed by atoms with Crippen LogP contribution in [0, 0.1) is 5.92 Å². The molecule has 0 spiro atoms. The van der Waals surface area contributed by atoms with Gasteiger partial charge in [0.25, 0.3) is 10.0 Å². The van der Waals surface area contributed by atoms with E-state index in [1.165, 1.54) is 30.6 Å². The third-order valence-corrected chi connectivity index (χ3v) is 6.49. The van der Waals surface area contributed by atoms with E-state index in [1.54, 1.807) is 36.4 Å². The van der Waals surface area contributed by atoms with Gasteiger partial charge in [0.15, 0.2) is 0 Å². The Hall–Kier alpha value is -2.80. The van der Waals surface area contributed by atoms with Crippen molar-refractivity contribution in [2.45, 2.75) is 24.2 Å². The van der Waals surface area contributed by atoms with Crippen molar-refractivity contribution >= 4 is 21.7 Å². The van der Waals surface area contributed by atoms with Gasteiger partial charge in [-0.15, -0.1) is 0 Å². The highest BCUT2D eigenvalue weighted by Crippen LogP contribution is 2.26. The molecule has 0 amide bonds. The van der Waals surface area contributed by atoms with E-state index >= 15 is 0 Å². The molecular formula is C21H23NO5S. The van der Waals surface area contributed by atoms with Crippen molar-refractivity contribution in [3.8, 4) is 11.5 Å². The Morgan fingerprint density at radius 1 is 1.07 bits per heavy atom. The first kappa shape index (κ1) is 19.9. The van der Waals surface area contributed by atoms with E-state index < -0.39 is 10.0 Å². The summed E-state index contributed by atoms with van der Waals surface area (Å²) < 4.78 is 37.2. The Balaban J connectivity index is 1.67. The van der Waals surface area contributed by atoms with Gasteiger partial charge < -0.3 is 9.47 Å². The monoisotopic (exact) mass is 401 g/mol. The predicted molar refractivity (Wildman–Crippen MR) is 107 cm³/mol. The molecule has 0 saturated carbocycles. The number of esters is 1. The maximum Gasteiger partial charge on any atom is 0.311 e. The van der Waals surface area contributed by atoms with Crippen molar-refractivity contribution in [3.63, 3.8) is 0 Å². The molecule has 28 heavy (non-hydrogen) atoms. The molecule has 7 heteroatoms. The molecule has 0 fully saturated rings. The summed E-state index contributed by atoms with van der Waals surface area (Å²) in [5.74, 6) is 0.933. The van der Waals surface area contributed by atoms with Crippen LogP contribution in [0.4, 0.5) is 5.69 Å². The first-order valence-corrected chi connectivity index (χ1v) is 10.4. The number of nitrogens with zero attached hydrogens (tertiary/aromatic N) is 1. The van der Waals surface area contributed by atoms with Crippen LogP contribution < -0.4 is 13.8 Å². The van der Waals surface area contributed by atoms with E-state index in [4.69, 9.17) is 9.47 Å². The molecule has 1 unspecified atom stereocenters. The van der Waals surface area contributed by atoms with E-state index in [-0.39, 0.29) is 16.8 Å². The minimum Gasteiger partial charge on any atom is -0.497 e. The van der Waals surface area contributed by atoms with Gasteiger partial charge in [-0.3, -0.25) is 9.10 Å². The van der Waals surface area contributed by atoms with Gasteiger partial charge in [0, 0.05) is 7.05 Å². The lowest BCUT2D eigenvalue weighted by Crippen LogP contribution is -2.26. The van der Waals surface area contributed by atoms with Gasteiger partial charge in [0.1, 0.15) is 11.5 Å². The van der Waals surface area contributed by atoms with Crippen molar-refractivity contribution < 1.29 is 22.7 Å². The van der Waals surface area contributed by atoms with Crippen molar-refractivity contribution in [3.05, 3.63) is 60.7 Å². The van der Waals surface area contributed by atoms with Crippen LogP contribution in [0.15, 0.2) is 65.6 Å². The summed E-state index contributed by atoms with van der Waals surface area (Å²) in [5.41, 5.74) is 0.467. The second-order valence-corrected chi connectivity index (χ2v) is 8.56. The molecule has 2 aromatic rings. The lowest BCUT2D eigenvalue weighted by molar-refractivity contribution is -0.135. The molecule has 0 bridgehead atoms. The summed E-state index contributed by atoms with van der Waals surface area (Å²) >= 11 is 0. The molecule has 148 valence electrons. The summed E-state index contributed by atoms with van der Waals surface area (Å²) in [5, 5.41) is 0. The Labute approximate surface area is 165 Å². The van der Waals surface area contributed by atoms with Gasteiger partial charge >= 0.3 is 5.97 Å². The van der Waals surface area contributed by atoms with Gasteiger partial charge in [-0.25, -0.2) is 8.42 Å². The lowest BCUT2D eigenvalue weighted by atomic mass is 10.1. The quantitative estimate of drug-likeness (QED) is 0.401. The largest absolute Gasteiger partial charge is 0.497 e. The molecular weight excluding hydrogens is 378 g/mol. The number of allylic oxidation sites excluding steroid dienone is 2. The third kappa shape index (κ3) is 4.54. The average molecular weight is 401 g/mol. The molecule has 0 N–H and O–H groups in total. The van der Waals surface area contributed by atoms with Crippen molar-refractivity contribution in [2.24, 2.45) is 5.92 Å². The summed E-state index contributed by atoms with van der Waals surface area (Å²) in [6.45, 7) is 0. The second-order valence-electron chi connectivity index (χ2n) is 6.59. The fourth-order valence-corrected chi connectivity index (χ4v) is 4.22. The number of rotatable bonds is 7. The molecule has 6 nitrogen and oxygen atoms in total. The summed E-state index contributed by atoms with van der Waals surface area (Å²) in [7, 11) is -0.705. The molecule has 0 saturated heterocycles. The zero-order valence-electron chi connectivity index (χ0n) is 15.9. The number of methoxy groups -OCH3 is 1. The van der Waals surface area contributed by atoms with E-state index in [0.29, 0.717) is 23.6 Å². The van der Waals surface area contributed by atoms with E-state index in [9.17, 15) is 13.2 Å². The van der Waals surface area contributed by atoms with Crippen molar-refractivity contribution in [2.75, 3.05) is 18.5 Å². The molecule has 1 aliphatic rings. The molecule has 0 heterocycles. The molecule has 0 radical (unpaired) electrons. The van der Waals surface area contributed by atoms with Crippen molar-refractivity contribution in [1.82, 2.24) is 0 Å². The number of carbonyl (C=O) groups excluding carboxylic acids is 1. The Kier molecular flexibility index (Phi) is 6.04. The number of hydrogen-bond donors (Lipinski definition) is 0. The highest BCUT2D eigenvalue weighted by atomic mass is 32.2. The van der Waals surface area contributed by atoms with Crippen molar-refractivity contribution in [1.29, 1.82) is 0 Å². The SMILES string of the molecule is COc1ccc(S(=O)(=O)N(C)c2ccc(OC(=O)CC3C=CCC3)cc2)cc1. The van der Waals surface area contributed by atoms with Gasteiger partial charge in [-0.2, -0.15) is 0 Å². The standard InChI is InChI=1S/C21H23NO5S/c1-22(28(24,25)20-13-11-18(26-2)12-14-20)17-7-9-19(10-8-17)27-21(23)15-16-5-3-4-6-16/h3,5,7-14,16H,4,6,15H2,1-2H3. The van der Waals surface area contributed by atoms with Crippen LogP contribution in [-0.2, 0) is 14.8 Å². The van der Waals surface area contributed by atoms with Crippen LogP contribution >= 0.6 is 0 Å². The fraction of sp³-hybridized carbons (Fsp3) is 0.286. The molecule has 0 aliphatic heterocycles.